The molecular formula is C24H31N3O2. The summed E-state index contributed by atoms with van der Waals surface area (Å²) in [5, 5.41) is 0. The molecule has 2 aliphatic rings. The Labute approximate surface area is 173 Å². The molecular weight excluding hydrogens is 362 g/mol. The molecule has 0 N–H and O–H groups in total. The first-order chi connectivity index (χ1) is 14.2. The van der Waals surface area contributed by atoms with E-state index in [1.807, 2.05) is 17.0 Å². The maximum atomic E-state index is 12.9. The molecule has 0 radical (unpaired) electrons. The molecule has 2 aliphatic heterocycles. The fraction of sp³-hybridized carbons (Fsp3) is 0.458. The number of carbonyl (C=O) groups excluding carboxylic acids is 1. The zero-order chi connectivity index (χ0) is 20.1. The molecule has 0 saturated carbocycles. The van der Waals surface area contributed by atoms with Gasteiger partial charge in [-0.25, -0.2) is 0 Å². The lowest BCUT2D eigenvalue weighted by molar-refractivity contribution is -0.132. The van der Waals surface area contributed by atoms with E-state index in [1.165, 1.54) is 24.1 Å². The number of likely N-dealkylation sites (tertiary alicyclic amines) is 1. The van der Waals surface area contributed by atoms with Crippen LogP contribution >= 0.6 is 0 Å². The van der Waals surface area contributed by atoms with Gasteiger partial charge in [-0.2, -0.15) is 0 Å². The fourth-order valence-corrected chi connectivity index (χ4v) is 4.50. The first kappa shape index (κ1) is 19.8. The van der Waals surface area contributed by atoms with Gasteiger partial charge in [-0.05, 0) is 55.6 Å². The number of ether oxygens (including phenoxy) is 1. The summed E-state index contributed by atoms with van der Waals surface area (Å²) in [7, 11) is 1.68. The van der Waals surface area contributed by atoms with Crippen LogP contribution in [0.3, 0.4) is 0 Å². The van der Waals surface area contributed by atoms with Gasteiger partial charge in [0.05, 0.1) is 13.7 Å². The van der Waals surface area contributed by atoms with Crippen LogP contribution in [0.15, 0.2) is 54.6 Å². The summed E-state index contributed by atoms with van der Waals surface area (Å²) in [5.41, 5.74) is 2.56. The number of anilines is 1. The van der Waals surface area contributed by atoms with Crippen molar-refractivity contribution in [3.8, 4) is 5.75 Å². The van der Waals surface area contributed by atoms with Crippen LogP contribution in [0.25, 0.3) is 0 Å². The summed E-state index contributed by atoms with van der Waals surface area (Å²) in [6.45, 7) is 4.94. The minimum Gasteiger partial charge on any atom is -0.497 e. The Hall–Kier alpha value is -2.53. The summed E-state index contributed by atoms with van der Waals surface area (Å²) < 4.78 is 5.24. The average Bonchev–Trinajstić information content (AvgIpc) is 3.21. The minimum atomic E-state index is 0.277. The Morgan fingerprint density at radius 2 is 1.69 bits per heavy atom. The molecule has 29 heavy (non-hydrogen) atoms. The van der Waals surface area contributed by atoms with E-state index in [1.54, 1.807) is 7.11 Å². The average molecular weight is 394 g/mol. The normalized spacial score (nSPS) is 20.1. The summed E-state index contributed by atoms with van der Waals surface area (Å²) in [6, 6.07) is 19.3. The molecule has 5 nitrogen and oxygen atoms in total. The number of hydrogen-bond donors (Lipinski definition) is 0. The van der Waals surface area contributed by atoms with Crippen molar-refractivity contribution in [3.63, 3.8) is 0 Å². The second-order valence-electron chi connectivity index (χ2n) is 8.02. The quantitative estimate of drug-likeness (QED) is 0.756. The van der Waals surface area contributed by atoms with E-state index >= 15 is 0 Å². The van der Waals surface area contributed by atoms with Crippen LogP contribution in [0.2, 0.25) is 0 Å². The zero-order valence-electron chi connectivity index (χ0n) is 17.3. The first-order valence-electron chi connectivity index (χ1n) is 10.7. The molecule has 1 unspecified atom stereocenters. The SMILES string of the molecule is COc1ccc(N2CCN(C(=O)CN3CCCC3Cc3ccccc3)CC2)cc1. The van der Waals surface area contributed by atoms with Crippen LogP contribution in [0.5, 0.6) is 5.75 Å². The Balaban J connectivity index is 1.28. The van der Waals surface area contributed by atoms with E-state index in [9.17, 15) is 4.79 Å². The molecule has 0 bridgehead atoms. The van der Waals surface area contributed by atoms with Crippen molar-refractivity contribution < 1.29 is 9.53 Å². The number of benzene rings is 2. The van der Waals surface area contributed by atoms with E-state index in [4.69, 9.17) is 4.74 Å². The largest absolute Gasteiger partial charge is 0.497 e. The Kier molecular flexibility index (Phi) is 6.35. The number of piperazine rings is 1. The summed E-state index contributed by atoms with van der Waals surface area (Å²) in [5.74, 6) is 1.15. The molecule has 1 atom stereocenters. The van der Waals surface area contributed by atoms with Crippen molar-refractivity contribution in [2.24, 2.45) is 0 Å². The molecule has 5 heteroatoms. The van der Waals surface area contributed by atoms with Crippen LogP contribution in [0.4, 0.5) is 5.69 Å². The highest BCUT2D eigenvalue weighted by atomic mass is 16.5. The lowest BCUT2D eigenvalue weighted by Gasteiger charge is -2.37. The number of hydrogen-bond acceptors (Lipinski definition) is 4. The topological polar surface area (TPSA) is 36.0 Å². The highest BCUT2D eigenvalue weighted by molar-refractivity contribution is 5.78. The van der Waals surface area contributed by atoms with Crippen molar-refractivity contribution in [2.75, 3.05) is 51.3 Å². The molecule has 2 heterocycles. The number of rotatable bonds is 6. The lowest BCUT2D eigenvalue weighted by atomic mass is 10.0. The molecule has 2 aromatic carbocycles. The van der Waals surface area contributed by atoms with Gasteiger partial charge in [-0.15, -0.1) is 0 Å². The van der Waals surface area contributed by atoms with Gasteiger partial charge in [-0.1, -0.05) is 30.3 Å². The van der Waals surface area contributed by atoms with E-state index in [0.717, 1.165) is 44.9 Å². The Bertz CT molecular complexity index is 786. The second-order valence-corrected chi connectivity index (χ2v) is 8.02. The van der Waals surface area contributed by atoms with Crippen LogP contribution in [0.1, 0.15) is 18.4 Å². The number of carbonyl (C=O) groups is 1. The third-order valence-electron chi connectivity index (χ3n) is 6.22. The molecule has 2 saturated heterocycles. The van der Waals surface area contributed by atoms with Crippen molar-refractivity contribution in [3.05, 3.63) is 60.2 Å². The van der Waals surface area contributed by atoms with Gasteiger partial charge in [0.25, 0.3) is 0 Å². The Morgan fingerprint density at radius 3 is 2.38 bits per heavy atom. The highest BCUT2D eigenvalue weighted by Gasteiger charge is 2.29. The van der Waals surface area contributed by atoms with E-state index < -0.39 is 0 Å². The molecule has 154 valence electrons. The van der Waals surface area contributed by atoms with E-state index in [0.29, 0.717) is 12.6 Å². The second kappa shape index (κ2) is 9.31. The molecule has 0 aliphatic carbocycles. The van der Waals surface area contributed by atoms with Gasteiger partial charge in [0.15, 0.2) is 0 Å². The standard InChI is InChI=1S/C24H31N3O2/c1-29-23-11-9-21(10-12-23)25-14-16-26(17-15-25)24(28)19-27-13-5-8-22(27)18-20-6-3-2-4-7-20/h2-4,6-7,9-12,22H,5,8,13-19H2,1H3. The maximum absolute atomic E-state index is 12.9. The van der Waals surface area contributed by atoms with Gasteiger partial charge in [-0.3, -0.25) is 9.69 Å². The van der Waals surface area contributed by atoms with Crippen molar-refractivity contribution >= 4 is 11.6 Å². The third kappa shape index (κ3) is 4.91. The number of methoxy groups -OCH3 is 1. The molecule has 1 amide bonds. The number of amides is 1. The van der Waals surface area contributed by atoms with Crippen molar-refractivity contribution in [2.45, 2.75) is 25.3 Å². The molecule has 2 fully saturated rings. The van der Waals surface area contributed by atoms with Gasteiger partial charge in [0.2, 0.25) is 5.91 Å². The van der Waals surface area contributed by atoms with Crippen LogP contribution in [0, 0.1) is 0 Å². The van der Waals surface area contributed by atoms with Crippen LogP contribution < -0.4 is 9.64 Å². The molecule has 4 rings (SSSR count). The molecule has 2 aromatic rings. The van der Waals surface area contributed by atoms with Crippen molar-refractivity contribution in [1.82, 2.24) is 9.80 Å². The van der Waals surface area contributed by atoms with E-state index in [-0.39, 0.29) is 5.91 Å². The van der Waals surface area contributed by atoms with Gasteiger partial charge >= 0.3 is 0 Å². The maximum Gasteiger partial charge on any atom is 0.236 e. The molecule has 0 spiro atoms. The predicted octanol–water partition coefficient (Wildman–Crippen LogP) is 3.05. The summed E-state index contributed by atoms with van der Waals surface area (Å²) in [4.78, 5) is 19.7. The predicted molar refractivity (Wildman–Crippen MR) is 117 cm³/mol. The first-order valence-corrected chi connectivity index (χ1v) is 10.7. The lowest BCUT2D eigenvalue weighted by Crippen LogP contribution is -2.51. The van der Waals surface area contributed by atoms with Crippen LogP contribution in [-0.4, -0.2) is 68.1 Å². The third-order valence-corrected chi connectivity index (χ3v) is 6.22. The van der Waals surface area contributed by atoms with E-state index in [2.05, 4.69) is 52.3 Å². The smallest absolute Gasteiger partial charge is 0.236 e. The minimum absolute atomic E-state index is 0.277. The summed E-state index contributed by atoms with van der Waals surface area (Å²) >= 11 is 0. The van der Waals surface area contributed by atoms with Gasteiger partial charge in [0, 0.05) is 37.9 Å². The fourth-order valence-electron chi connectivity index (χ4n) is 4.50. The Morgan fingerprint density at radius 1 is 0.966 bits per heavy atom. The molecule has 0 aromatic heterocycles. The zero-order valence-corrected chi connectivity index (χ0v) is 17.3. The number of nitrogens with zero attached hydrogens (tertiary/aromatic N) is 3. The van der Waals surface area contributed by atoms with Crippen LogP contribution in [-0.2, 0) is 11.2 Å². The van der Waals surface area contributed by atoms with Gasteiger partial charge in [0.1, 0.15) is 5.75 Å². The summed E-state index contributed by atoms with van der Waals surface area (Å²) in [6.07, 6.45) is 3.42. The highest BCUT2D eigenvalue weighted by Crippen LogP contribution is 2.23. The monoisotopic (exact) mass is 393 g/mol. The van der Waals surface area contributed by atoms with Gasteiger partial charge < -0.3 is 14.5 Å². The van der Waals surface area contributed by atoms with Crippen molar-refractivity contribution in [1.29, 1.82) is 0 Å².